The van der Waals surface area contributed by atoms with E-state index < -0.39 is 0 Å². The van der Waals surface area contributed by atoms with E-state index in [4.69, 9.17) is 4.74 Å². The third kappa shape index (κ3) is 4.08. The average Bonchev–Trinajstić information content (AvgIpc) is 3.42. The summed E-state index contributed by atoms with van der Waals surface area (Å²) >= 11 is 0. The van der Waals surface area contributed by atoms with E-state index in [0.717, 1.165) is 58.4 Å². The van der Waals surface area contributed by atoms with E-state index in [1.807, 2.05) is 0 Å². The summed E-state index contributed by atoms with van der Waals surface area (Å²) in [5.74, 6) is 1.22. The first-order valence-electron chi connectivity index (χ1n) is 10.8. The summed E-state index contributed by atoms with van der Waals surface area (Å²) in [6.07, 6.45) is 12.0. The van der Waals surface area contributed by atoms with Crippen molar-refractivity contribution >= 4 is 11.8 Å². The quantitative estimate of drug-likeness (QED) is 0.818. The molecule has 4 aliphatic rings. The Morgan fingerprint density at radius 1 is 1.04 bits per heavy atom. The number of carbonyl (C=O) groups excluding carboxylic acids is 2. The van der Waals surface area contributed by atoms with Gasteiger partial charge in [-0.05, 0) is 56.3 Å². The molecule has 2 saturated heterocycles. The first-order chi connectivity index (χ1) is 12.7. The van der Waals surface area contributed by atoms with Crippen LogP contribution < -0.4 is 5.32 Å². The topological polar surface area (TPSA) is 58.6 Å². The number of likely N-dealkylation sites (tertiary alicyclic amines) is 1. The zero-order valence-electron chi connectivity index (χ0n) is 16.0. The number of amides is 2. The predicted molar refractivity (Wildman–Crippen MR) is 99.5 cm³/mol. The minimum absolute atomic E-state index is 0.154. The standard InChI is InChI=1S/C21H34N2O3/c24-19(22-18-5-6-18)7-4-17-14-23(15-21(17)10-2-1-3-11-21)20(25)16-8-12-26-13-9-16/h16-18H,1-15H2,(H,22,24). The molecule has 2 heterocycles. The molecule has 1 N–H and O–H groups in total. The van der Waals surface area contributed by atoms with E-state index in [9.17, 15) is 9.59 Å². The molecule has 1 spiro atoms. The van der Waals surface area contributed by atoms with Gasteiger partial charge in [-0.15, -0.1) is 0 Å². The summed E-state index contributed by atoms with van der Waals surface area (Å²) in [6.45, 7) is 3.24. The highest BCUT2D eigenvalue weighted by molar-refractivity contribution is 5.79. The number of nitrogens with one attached hydrogen (secondary N) is 1. The Morgan fingerprint density at radius 3 is 2.46 bits per heavy atom. The maximum absolute atomic E-state index is 13.1. The summed E-state index contributed by atoms with van der Waals surface area (Å²) in [7, 11) is 0. The van der Waals surface area contributed by atoms with Crippen molar-refractivity contribution in [2.45, 2.75) is 76.7 Å². The number of carbonyl (C=O) groups is 2. The van der Waals surface area contributed by atoms with Crippen molar-refractivity contribution in [3.63, 3.8) is 0 Å². The van der Waals surface area contributed by atoms with Gasteiger partial charge in [0.1, 0.15) is 0 Å². The second kappa shape index (κ2) is 7.87. The molecule has 1 atom stereocenters. The molecule has 0 aromatic carbocycles. The van der Waals surface area contributed by atoms with Gasteiger partial charge in [0.25, 0.3) is 0 Å². The van der Waals surface area contributed by atoms with Gasteiger partial charge in [0.15, 0.2) is 0 Å². The summed E-state index contributed by atoms with van der Waals surface area (Å²) in [5, 5.41) is 3.12. The lowest BCUT2D eigenvalue weighted by Gasteiger charge is -2.38. The average molecular weight is 363 g/mol. The zero-order chi connectivity index (χ0) is 18.0. The zero-order valence-corrected chi connectivity index (χ0v) is 16.0. The highest BCUT2D eigenvalue weighted by Crippen LogP contribution is 2.49. The maximum atomic E-state index is 13.1. The molecule has 0 bridgehead atoms. The molecule has 2 saturated carbocycles. The van der Waals surface area contributed by atoms with Gasteiger partial charge in [0, 0.05) is 44.7 Å². The fourth-order valence-electron chi connectivity index (χ4n) is 5.46. The Kier molecular flexibility index (Phi) is 5.53. The second-order valence-corrected chi connectivity index (χ2v) is 9.11. The van der Waals surface area contributed by atoms with E-state index in [1.54, 1.807) is 0 Å². The van der Waals surface area contributed by atoms with Crippen molar-refractivity contribution in [1.82, 2.24) is 10.2 Å². The van der Waals surface area contributed by atoms with Gasteiger partial charge in [0.05, 0.1) is 0 Å². The lowest BCUT2D eigenvalue weighted by molar-refractivity contribution is -0.138. The van der Waals surface area contributed by atoms with Crippen LogP contribution in [0, 0.1) is 17.3 Å². The fourth-order valence-corrected chi connectivity index (χ4v) is 5.46. The van der Waals surface area contributed by atoms with Crippen LogP contribution in [0.5, 0.6) is 0 Å². The third-order valence-electron chi connectivity index (χ3n) is 7.21. The van der Waals surface area contributed by atoms with Crippen LogP contribution in [-0.4, -0.2) is 49.1 Å². The predicted octanol–water partition coefficient (Wildman–Crippen LogP) is 2.88. The molecule has 26 heavy (non-hydrogen) atoms. The Hall–Kier alpha value is -1.10. The lowest BCUT2D eigenvalue weighted by atomic mass is 9.66. The Labute approximate surface area is 157 Å². The van der Waals surface area contributed by atoms with Gasteiger partial charge in [-0.2, -0.15) is 0 Å². The van der Waals surface area contributed by atoms with Crippen LogP contribution in [0.4, 0.5) is 0 Å². The highest BCUT2D eigenvalue weighted by atomic mass is 16.5. The van der Waals surface area contributed by atoms with Crippen molar-refractivity contribution < 1.29 is 14.3 Å². The van der Waals surface area contributed by atoms with Crippen LogP contribution in [0.3, 0.4) is 0 Å². The van der Waals surface area contributed by atoms with Gasteiger partial charge in [0.2, 0.25) is 11.8 Å². The number of hydrogen-bond acceptors (Lipinski definition) is 3. The largest absolute Gasteiger partial charge is 0.381 e. The molecule has 1 unspecified atom stereocenters. The molecular formula is C21H34N2O3. The molecule has 0 radical (unpaired) electrons. The van der Waals surface area contributed by atoms with Crippen LogP contribution in [0.25, 0.3) is 0 Å². The Bertz CT molecular complexity index is 519. The van der Waals surface area contributed by atoms with Crippen LogP contribution in [0.2, 0.25) is 0 Å². The van der Waals surface area contributed by atoms with Crippen molar-refractivity contribution in [2.75, 3.05) is 26.3 Å². The van der Waals surface area contributed by atoms with E-state index in [2.05, 4.69) is 10.2 Å². The van der Waals surface area contributed by atoms with E-state index in [0.29, 0.717) is 24.3 Å². The lowest BCUT2D eigenvalue weighted by Crippen LogP contribution is -2.39. The van der Waals surface area contributed by atoms with Crippen LogP contribution in [-0.2, 0) is 14.3 Å². The fraction of sp³-hybridized carbons (Fsp3) is 0.905. The summed E-state index contributed by atoms with van der Waals surface area (Å²) in [4.78, 5) is 27.4. The summed E-state index contributed by atoms with van der Waals surface area (Å²) < 4.78 is 5.43. The van der Waals surface area contributed by atoms with Gasteiger partial charge >= 0.3 is 0 Å². The summed E-state index contributed by atoms with van der Waals surface area (Å²) in [5.41, 5.74) is 0.277. The Morgan fingerprint density at radius 2 is 1.77 bits per heavy atom. The minimum atomic E-state index is 0.154. The smallest absolute Gasteiger partial charge is 0.225 e. The van der Waals surface area contributed by atoms with Gasteiger partial charge in [-0.1, -0.05) is 19.3 Å². The number of nitrogens with zero attached hydrogens (tertiary/aromatic N) is 1. The number of hydrogen-bond donors (Lipinski definition) is 1. The SMILES string of the molecule is O=C(CCC1CN(C(=O)C2CCOCC2)CC12CCCCC2)NC1CC1. The molecular weight excluding hydrogens is 328 g/mol. The van der Waals surface area contributed by atoms with Gasteiger partial charge in [-0.25, -0.2) is 0 Å². The molecule has 146 valence electrons. The summed E-state index contributed by atoms with van der Waals surface area (Å²) in [6, 6.07) is 0.446. The molecule has 2 amide bonds. The Balaban J connectivity index is 1.38. The van der Waals surface area contributed by atoms with Gasteiger partial charge in [-0.3, -0.25) is 9.59 Å². The number of ether oxygens (including phenoxy) is 1. The maximum Gasteiger partial charge on any atom is 0.225 e. The third-order valence-corrected chi connectivity index (χ3v) is 7.21. The molecule has 5 heteroatoms. The second-order valence-electron chi connectivity index (χ2n) is 9.11. The first-order valence-corrected chi connectivity index (χ1v) is 10.8. The normalized spacial score (nSPS) is 29.1. The van der Waals surface area contributed by atoms with Crippen molar-refractivity contribution in [2.24, 2.45) is 17.3 Å². The van der Waals surface area contributed by atoms with E-state index >= 15 is 0 Å². The molecule has 2 aliphatic heterocycles. The van der Waals surface area contributed by atoms with Crippen molar-refractivity contribution in [3.05, 3.63) is 0 Å². The van der Waals surface area contributed by atoms with E-state index in [1.165, 1.54) is 32.1 Å². The van der Waals surface area contributed by atoms with Crippen LogP contribution in [0.1, 0.15) is 70.6 Å². The first kappa shape index (κ1) is 18.3. The molecule has 0 aromatic heterocycles. The molecule has 2 aliphatic carbocycles. The van der Waals surface area contributed by atoms with Crippen LogP contribution >= 0.6 is 0 Å². The van der Waals surface area contributed by atoms with Crippen molar-refractivity contribution in [3.8, 4) is 0 Å². The molecule has 0 aromatic rings. The van der Waals surface area contributed by atoms with Crippen molar-refractivity contribution in [1.29, 1.82) is 0 Å². The number of rotatable bonds is 5. The van der Waals surface area contributed by atoms with Crippen LogP contribution in [0.15, 0.2) is 0 Å². The molecule has 4 fully saturated rings. The minimum Gasteiger partial charge on any atom is -0.381 e. The monoisotopic (exact) mass is 362 g/mol. The molecule has 4 rings (SSSR count). The molecule has 5 nitrogen and oxygen atoms in total. The van der Waals surface area contributed by atoms with E-state index in [-0.39, 0.29) is 17.2 Å². The highest BCUT2D eigenvalue weighted by Gasteiger charge is 2.48. The van der Waals surface area contributed by atoms with Gasteiger partial charge < -0.3 is 15.0 Å².